The van der Waals surface area contributed by atoms with Crippen LogP contribution >= 0.6 is 11.6 Å². The highest BCUT2D eigenvalue weighted by molar-refractivity contribution is 6.36. The molecule has 7 heteroatoms. The van der Waals surface area contributed by atoms with Crippen LogP contribution in [0.5, 0.6) is 0 Å². The summed E-state index contributed by atoms with van der Waals surface area (Å²) in [5.74, 6) is -0.993. The molecule has 0 unspecified atom stereocenters. The Hall–Kier alpha value is -1.95. The lowest BCUT2D eigenvalue weighted by Gasteiger charge is -2.33. The number of piperazine rings is 1. The molecule has 0 N–H and O–H groups in total. The number of rotatable bonds is 1. The quantitative estimate of drug-likeness (QED) is 0.809. The monoisotopic (exact) mass is 325 g/mol. The SMILES string of the molecule is Cc1c(N2CCN(C)C(=O)C2)nc2cc(F)cc(F)c2c1Cl. The zero-order valence-electron chi connectivity index (χ0n) is 12.2. The molecule has 1 aliphatic heterocycles. The van der Waals surface area contributed by atoms with E-state index in [0.29, 0.717) is 24.5 Å². The number of hydrogen-bond donors (Lipinski definition) is 0. The van der Waals surface area contributed by atoms with Crippen molar-refractivity contribution in [2.45, 2.75) is 6.92 Å². The van der Waals surface area contributed by atoms with Crippen molar-refractivity contribution < 1.29 is 13.6 Å². The van der Waals surface area contributed by atoms with E-state index in [-0.39, 0.29) is 28.4 Å². The molecule has 1 amide bonds. The zero-order valence-corrected chi connectivity index (χ0v) is 12.9. The predicted molar refractivity (Wildman–Crippen MR) is 81.3 cm³/mol. The molecule has 0 radical (unpaired) electrons. The van der Waals surface area contributed by atoms with Crippen LogP contribution < -0.4 is 4.90 Å². The van der Waals surface area contributed by atoms with Gasteiger partial charge in [0, 0.05) is 37.8 Å². The second-order valence-corrected chi connectivity index (χ2v) is 5.77. The van der Waals surface area contributed by atoms with Gasteiger partial charge < -0.3 is 9.80 Å². The number of carbonyl (C=O) groups is 1. The Morgan fingerprint density at radius 3 is 2.68 bits per heavy atom. The fourth-order valence-electron chi connectivity index (χ4n) is 2.60. The molecule has 2 aromatic rings. The van der Waals surface area contributed by atoms with Crippen molar-refractivity contribution in [2.75, 3.05) is 31.6 Å². The maximum absolute atomic E-state index is 13.9. The molecule has 22 heavy (non-hydrogen) atoms. The third-order valence-electron chi connectivity index (χ3n) is 3.90. The van der Waals surface area contributed by atoms with E-state index < -0.39 is 11.6 Å². The first-order chi connectivity index (χ1) is 10.4. The van der Waals surface area contributed by atoms with E-state index in [9.17, 15) is 13.6 Å². The molecule has 1 fully saturated rings. The maximum Gasteiger partial charge on any atom is 0.241 e. The van der Waals surface area contributed by atoms with E-state index in [1.54, 1.807) is 23.8 Å². The summed E-state index contributed by atoms with van der Waals surface area (Å²) in [6.45, 7) is 3.04. The predicted octanol–water partition coefficient (Wildman–Crippen LogP) is 2.75. The van der Waals surface area contributed by atoms with Gasteiger partial charge in [0.2, 0.25) is 5.91 Å². The number of carbonyl (C=O) groups excluding carboxylic acids is 1. The summed E-state index contributed by atoms with van der Waals surface area (Å²) in [7, 11) is 1.73. The van der Waals surface area contributed by atoms with Gasteiger partial charge in [-0.15, -0.1) is 0 Å². The average Bonchev–Trinajstić information content (AvgIpc) is 2.45. The summed E-state index contributed by atoms with van der Waals surface area (Å²) in [5, 5.41) is 0.300. The number of nitrogens with zero attached hydrogens (tertiary/aromatic N) is 3. The summed E-state index contributed by atoms with van der Waals surface area (Å²) < 4.78 is 27.4. The fourth-order valence-corrected chi connectivity index (χ4v) is 2.87. The van der Waals surface area contributed by atoms with Crippen LogP contribution in [0.4, 0.5) is 14.6 Å². The van der Waals surface area contributed by atoms with Crippen molar-refractivity contribution in [3.05, 3.63) is 34.4 Å². The van der Waals surface area contributed by atoms with Gasteiger partial charge in [-0.05, 0) is 6.92 Å². The van der Waals surface area contributed by atoms with E-state index in [0.717, 1.165) is 12.1 Å². The van der Waals surface area contributed by atoms with E-state index in [1.165, 1.54) is 0 Å². The number of benzene rings is 1. The topological polar surface area (TPSA) is 36.4 Å². The highest BCUT2D eigenvalue weighted by Gasteiger charge is 2.25. The standard InChI is InChI=1S/C15H14ClF2N3O/c1-8-14(16)13-10(18)5-9(17)6-11(13)19-15(8)21-4-3-20(2)12(22)7-21/h5-6H,3-4,7H2,1-2H3. The Kier molecular flexibility index (Phi) is 3.64. The molecule has 0 bridgehead atoms. The molecular weight excluding hydrogens is 312 g/mol. The summed E-state index contributed by atoms with van der Waals surface area (Å²) in [5.41, 5.74) is 0.728. The van der Waals surface area contributed by atoms with E-state index in [4.69, 9.17) is 11.6 Å². The van der Waals surface area contributed by atoms with Crippen LogP contribution in [0.25, 0.3) is 10.9 Å². The second kappa shape index (κ2) is 5.35. The lowest BCUT2D eigenvalue weighted by Crippen LogP contribution is -2.49. The number of pyridine rings is 1. The highest BCUT2D eigenvalue weighted by Crippen LogP contribution is 2.34. The van der Waals surface area contributed by atoms with Crippen LogP contribution in [0.3, 0.4) is 0 Å². The maximum atomic E-state index is 13.9. The molecule has 1 aromatic heterocycles. The van der Waals surface area contributed by atoms with Crippen molar-refractivity contribution in [1.29, 1.82) is 0 Å². The first-order valence-electron chi connectivity index (χ1n) is 6.82. The van der Waals surface area contributed by atoms with Gasteiger partial charge >= 0.3 is 0 Å². The fraction of sp³-hybridized carbons (Fsp3) is 0.333. The Balaban J connectivity index is 2.15. The van der Waals surface area contributed by atoms with Gasteiger partial charge in [0.1, 0.15) is 17.5 Å². The Morgan fingerprint density at radius 1 is 1.27 bits per heavy atom. The summed E-state index contributed by atoms with van der Waals surface area (Å²) in [4.78, 5) is 19.6. The van der Waals surface area contributed by atoms with Crippen LogP contribution in [-0.2, 0) is 4.79 Å². The van der Waals surface area contributed by atoms with Crippen LogP contribution in [-0.4, -0.2) is 42.5 Å². The molecule has 0 spiro atoms. The Bertz CT molecular complexity index is 781. The van der Waals surface area contributed by atoms with Gasteiger partial charge in [-0.25, -0.2) is 13.8 Å². The number of anilines is 1. The molecule has 0 aliphatic carbocycles. The zero-order chi connectivity index (χ0) is 16.0. The molecule has 3 rings (SSSR count). The van der Waals surface area contributed by atoms with Gasteiger partial charge in [0.15, 0.2) is 0 Å². The molecular formula is C15H14ClF2N3O. The minimum Gasteiger partial charge on any atom is -0.345 e. The van der Waals surface area contributed by atoms with Crippen LogP contribution in [0.2, 0.25) is 5.02 Å². The molecule has 2 heterocycles. The smallest absolute Gasteiger partial charge is 0.241 e. The highest BCUT2D eigenvalue weighted by atomic mass is 35.5. The molecule has 0 atom stereocenters. The minimum atomic E-state index is -0.739. The van der Waals surface area contributed by atoms with Crippen molar-refractivity contribution in [2.24, 2.45) is 0 Å². The number of halogens is 3. The molecule has 4 nitrogen and oxygen atoms in total. The molecule has 1 aliphatic rings. The number of fused-ring (bicyclic) bond motifs is 1. The number of hydrogen-bond acceptors (Lipinski definition) is 3. The average molecular weight is 326 g/mol. The minimum absolute atomic E-state index is 0.0332. The lowest BCUT2D eigenvalue weighted by atomic mass is 10.1. The van der Waals surface area contributed by atoms with E-state index >= 15 is 0 Å². The molecule has 1 aromatic carbocycles. The van der Waals surface area contributed by atoms with Gasteiger partial charge in [-0.1, -0.05) is 11.6 Å². The molecule has 116 valence electrons. The first-order valence-corrected chi connectivity index (χ1v) is 7.20. The van der Waals surface area contributed by atoms with E-state index in [1.807, 2.05) is 0 Å². The third-order valence-corrected chi connectivity index (χ3v) is 4.37. The van der Waals surface area contributed by atoms with Crippen molar-refractivity contribution in [3.63, 3.8) is 0 Å². The second-order valence-electron chi connectivity index (χ2n) is 5.39. The van der Waals surface area contributed by atoms with Crippen LogP contribution in [0.15, 0.2) is 12.1 Å². The third kappa shape index (κ3) is 2.37. The van der Waals surface area contributed by atoms with Crippen molar-refractivity contribution in [1.82, 2.24) is 9.88 Å². The lowest BCUT2D eigenvalue weighted by molar-refractivity contribution is -0.129. The summed E-state index contributed by atoms with van der Waals surface area (Å²) >= 11 is 6.25. The Labute approximate surface area is 131 Å². The van der Waals surface area contributed by atoms with Crippen molar-refractivity contribution >= 4 is 34.2 Å². The van der Waals surface area contributed by atoms with Gasteiger partial charge in [0.25, 0.3) is 0 Å². The van der Waals surface area contributed by atoms with E-state index in [2.05, 4.69) is 4.98 Å². The molecule has 1 saturated heterocycles. The van der Waals surface area contributed by atoms with Crippen LogP contribution in [0, 0.1) is 18.6 Å². The number of likely N-dealkylation sites (N-methyl/N-ethyl adjacent to an activating group) is 1. The van der Waals surface area contributed by atoms with Gasteiger partial charge in [-0.2, -0.15) is 0 Å². The Morgan fingerprint density at radius 2 is 2.00 bits per heavy atom. The van der Waals surface area contributed by atoms with Gasteiger partial charge in [0.05, 0.1) is 22.5 Å². The van der Waals surface area contributed by atoms with Crippen molar-refractivity contribution in [3.8, 4) is 0 Å². The largest absolute Gasteiger partial charge is 0.345 e. The van der Waals surface area contributed by atoms with Gasteiger partial charge in [-0.3, -0.25) is 4.79 Å². The number of amides is 1. The summed E-state index contributed by atoms with van der Waals surface area (Å²) in [6.07, 6.45) is 0. The normalized spacial score (nSPS) is 15.8. The first kappa shape index (κ1) is 15.0. The molecule has 0 saturated carbocycles. The van der Waals surface area contributed by atoms with Crippen LogP contribution in [0.1, 0.15) is 5.56 Å². The summed E-state index contributed by atoms with van der Waals surface area (Å²) in [6, 6.07) is 1.93. The number of aromatic nitrogens is 1.